The number of carbonyl (C=O) groups is 1. The van der Waals surface area contributed by atoms with Crippen LogP contribution >= 0.6 is 0 Å². The first-order chi connectivity index (χ1) is 17.8. The highest BCUT2D eigenvalue weighted by Gasteiger charge is 2.30. The van der Waals surface area contributed by atoms with Crippen LogP contribution in [0.4, 0.5) is 0 Å². The standard InChI is InChI=1S/C33H46N2O3/c1-32(2,3)34-30(37)28-18-12-10-16-25(28)20-21-27(36)22-26-17-11-13-19-29(26)31(38)35(33(4,5)6)23-24-14-8-7-9-15-24/h7-9,11,13-19,27,31,36,38H,10,12,20-23H2,1-6H3,(H,34,37). The van der Waals surface area contributed by atoms with E-state index < -0.39 is 12.3 Å². The summed E-state index contributed by atoms with van der Waals surface area (Å²) in [6.45, 7) is 12.9. The maximum Gasteiger partial charge on any atom is 0.251 e. The number of nitrogens with one attached hydrogen (secondary N) is 1. The van der Waals surface area contributed by atoms with Crippen molar-refractivity contribution in [3.8, 4) is 0 Å². The van der Waals surface area contributed by atoms with Gasteiger partial charge >= 0.3 is 0 Å². The predicted octanol–water partition coefficient (Wildman–Crippen LogP) is 6.22. The van der Waals surface area contributed by atoms with Gasteiger partial charge in [-0.1, -0.05) is 66.7 Å². The number of aliphatic hydroxyl groups is 2. The lowest BCUT2D eigenvalue weighted by Gasteiger charge is -2.40. The third kappa shape index (κ3) is 8.65. The number of carbonyl (C=O) groups excluding carboxylic acids is 1. The van der Waals surface area contributed by atoms with Crippen molar-refractivity contribution in [2.75, 3.05) is 0 Å². The number of nitrogens with zero attached hydrogens (tertiary/aromatic N) is 1. The second-order valence-electron chi connectivity index (χ2n) is 12.4. The second-order valence-corrected chi connectivity index (χ2v) is 12.4. The molecule has 0 aliphatic heterocycles. The first-order valence-electron chi connectivity index (χ1n) is 13.8. The summed E-state index contributed by atoms with van der Waals surface area (Å²) < 4.78 is 0. The Morgan fingerprint density at radius 1 is 0.921 bits per heavy atom. The molecule has 5 nitrogen and oxygen atoms in total. The van der Waals surface area contributed by atoms with Gasteiger partial charge in [0, 0.05) is 23.2 Å². The van der Waals surface area contributed by atoms with Gasteiger partial charge in [0.25, 0.3) is 5.91 Å². The molecule has 1 aliphatic rings. The fraction of sp³-hybridized carbons (Fsp3) is 0.485. The van der Waals surface area contributed by atoms with Gasteiger partial charge in [-0.25, -0.2) is 0 Å². The largest absolute Gasteiger partial charge is 0.393 e. The Morgan fingerprint density at radius 3 is 2.21 bits per heavy atom. The molecule has 0 spiro atoms. The van der Waals surface area contributed by atoms with Crippen LogP contribution in [0.25, 0.3) is 0 Å². The molecule has 3 rings (SSSR count). The van der Waals surface area contributed by atoms with E-state index in [2.05, 4.69) is 49.2 Å². The highest BCUT2D eigenvalue weighted by atomic mass is 16.3. The molecule has 0 aromatic heterocycles. The molecule has 2 atom stereocenters. The van der Waals surface area contributed by atoms with Gasteiger partial charge in [-0.3, -0.25) is 9.69 Å². The van der Waals surface area contributed by atoms with Crippen molar-refractivity contribution in [3.05, 3.63) is 94.6 Å². The van der Waals surface area contributed by atoms with E-state index in [4.69, 9.17) is 0 Å². The van der Waals surface area contributed by atoms with E-state index in [1.807, 2.05) is 69.3 Å². The van der Waals surface area contributed by atoms with Crippen LogP contribution in [0.2, 0.25) is 0 Å². The third-order valence-electron chi connectivity index (χ3n) is 6.87. The third-order valence-corrected chi connectivity index (χ3v) is 6.87. The lowest BCUT2D eigenvalue weighted by atomic mass is 9.90. The van der Waals surface area contributed by atoms with E-state index in [0.29, 0.717) is 25.8 Å². The Morgan fingerprint density at radius 2 is 1.55 bits per heavy atom. The van der Waals surface area contributed by atoms with Gasteiger partial charge in [0.1, 0.15) is 6.23 Å². The number of hydrogen-bond acceptors (Lipinski definition) is 4. The Labute approximate surface area is 229 Å². The van der Waals surface area contributed by atoms with Gasteiger partial charge in [-0.2, -0.15) is 0 Å². The lowest BCUT2D eigenvalue weighted by molar-refractivity contribution is -0.118. The van der Waals surface area contributed by atoms with Crippen molar-refractivity contribution in [2.24, 2.45) is 0 Å². The average molecular weight is 519 g/mol. The van der Waals surface area contributed by atoms with Crippen molar-refractivity contribution in [2.45, 2.75) is 104 Å². The number of benzene rings is 2. The zero-order chi connectivity index (χ0) is 27.9. The van der Waals surface area contributed by atoms with Gasteiger partial charge in [0.05, 0.1) is 6.10 Å². The van der Waals surface area contributed by atoms with Crippen molar-refractivity contribution in [1.82, 2.24) is 10.2 Å². The number of amides is 1. The molecule has 5 heteroatoms. The normalized spacial score (nSPS) is 16.0. The fourth-order valence-electron chi connectivity index (χ4n) is 4.90. The van der Waals surface area contributed by atoms with Crippen molar-refractivity contribution >= 4 is 5.91 Å². The zero-order valence-electron chi connectivity index (χ0n) is 24.0. The number of hydrogen-bond donors (Lipinski definition) is 3. The zero-order valence-corrected chi connectivity index (χ0v) is 24.0. The van der Waals surface area contributed by atoms with Crippen molar-refractivity contribution in [1.29, 1.82) is 0 Å². The summed E-state index contributed by atoms with van der Waals surface area (Å²) in [6.07, 6.45) is 6.15. The summed E-state index contributed by atoms with van der Waals surface area (Å²) >= 11 is 0. The number of aliphatic hydroxyl groups excluding tert-OH is 2. The molecular weight excluding hydrogens is 472 g/mol. The monoisotopic (exact) mass is 518 g/mol. The van der Waals surface area contributed by atoms with E-state index in [-0.39, 0.29) is 17.0 Å². The summed E-state index contributed by atoms with van der Waals surface area (Å²) in [5.74, 6) is -0.0490. The molecule has 0 saturated heterocycles. The van der Waals surface area contributed by atoms with E-state index >= 15 is 0 Å². The van der Waals surface area contributed by atoms with Gasteiger partial charge in [0.15, 0.2) is 0 Å². The first kappa shape index (κ1) is 29.8. The number of rotatable bonds is 10. The highest BCUT2D eigenvalue weighted by Crippen LogP contribution is 2.31. The molecule has 1 aliphatic carbocycles. The summed E-state index contributed by atoms with van der Waals surface area (Å²) in [5, 5.41) is 25.7. The van der Waals surface area contributed by atoms with E-state index in [1.54, 1.807) is 0 Å². The second kappa shape index (κ2) is 12.9. The molecule has 206 valence electrons. The molecule has 38 heavy (non-hydrogen) atoms. The molecule has 0 fully saturated rings. The molecule has 1 amide bonds. The molecule has 0 radical (unpaired) electrons. The van der Waals surface area contributed by atoms with Crippen LogP contribution in [-0.4, -0.2) is 38.2 Å². The Kier molecular flexibility index (Phi) is 10.1. The summed E-state index contributed by atoms with van der Waals surface area (Å²) in [7, 11) is 0. The van der Waals surface area contributed by atoms with Crippen LogP contribution in [0.1, 0.15) is 90.1 Å². The minimum absolute atomic E-state index is 0.0490. The quantitative estimate of drug-likeness (QED) is 0.326. The number of allylic oxidation sites excluding steroid dienone is 2. The fourth-order valence-corrected chi connectivity index (χ4v) is 4.90. The van der Waals surface area contributed by atoms with Crippen molar-refractivity contribution in [3.63, 3.8) is 0 Å². The van der Waals surface area contributed by atoms with Crippen LogP contribution in [-0.2, 0) is 17.8 Å². The molecule has 2 aromatic rings. The minimum atomic E-state index is -0.810. The topological polar surface area (TPSA) is 72.8 Å². The SMILES string of the molecule is CC(C)(C)NC(=O)C1=CCCC=C1CCC(O)Cc1ccccc1C(O)N(Cc1ccccc1)C(C)(C)C. The minimum Gasteiger partial charge on any atom is -0.393 e. The smallest absolute Gasteiger partial charge is 0.251 e. The molecular formula is C33H46N2O3. The molecule has 3 N–H and O–H groups in total. The van der Waals surface area contributed by atoms with Crippen LogP contribution < -0.4 is 5.32 Å². The maximum atomic E-state index is 12.8. The molecule has 2 aromatic carbocycles. The van der Waals surface area contributed by atoms with E-state index in [9.17, 15) is 15.0 Å². The summed E-state index contributed by atoms with van der Waals surface area (Å²) in [4.78, 5) is 14.9. The van der Waals surface area contributed by atoms with Crippen LogP contribution in [0.3, 0.4) is 0 Å². The molecule has 0 saturated carbocycles. The maximum absolute atomic E-state index is 12.8. The summed E-state index contributed by atoms with van der Waals surface area (Å²) in [6, 6.07) is 18.0. The van der Waals surface area contributed by atoms with Crippen LogP contribution in [0.5, 0.6) is 0 Å². The summed E-state index contributed by atoms with van der Waals surface area (Å²) in [5.41, 5.74) is 4.06. The first-order valence-corrected chi connectivity index (χ1v) is 13.8. The van der Waals surface area contributed by atoms with E-state index in [0.717, 1.165) is 40.7 Å². The van der Waals surface area contributed by atoms with Gasteiger partial charge < -0.3 is 15.5 Å². The highest BCUT2D eigenvalue weighted by molar-refractivity contribution is 5.98. The Bertz CT molecular complexity index is 1120. The van der Waals surface area contributed by atoms with Crippen molar-refractivity contribution < 1.29 is 15.0 Å². The molecule has 2 unspecified atom stereocenters. The predicted molar refractivity (Wildman–Crippen MR) is 155 cm³/mol. The Hall–Kier alpha value is -2.73. The van der Waals surface area contributed by atoms with Gasteiger partial charge in [-0.15, -0.1) is 0 Å². The Balaban J connectivity index is 1.70. The van der Waals surface area contributed by atoms with Gasteiger partial charge in [-0.05, 0) is 95.9 Å². The van der Waals surface area contributed by atoms with Gasteiger partial charge in [0.2, 0.25) is 0 Å². The molecule has 0 bridgehead atoms. The van der Waals surface area contributed by atoms with Crippen LogP contribution in [0, 0.1) is 0 Å². The average Bonchev–Trinajstić information content (AvgIpc) is 2.85. The van der Waals surface area contributed by atoms with E-state index in [1.165, 1.54) is 0 Å². The van der Waals surface area contributed by atoms with Crippen LogP contribution in [0.15, 0.2) is 77.9 Å². The molecule has 0 heterocycles. The lowest BCUT2D eigenvalue weighted by Crippen LogP contribution is -2.43.